The fourth-order valence-electron chi connectivity index (χ4n) is 4.54. The second-order valence-corrected chi connectivity index (χ2v) is 9.92. The van der Waals surface area contributed by atoms with Gasteiger partial charge in [0.1, 0.15) is 5.82 Å². The van der Waals surface area contributed by atoms with Crippen molar-refractivity contribution >= 4 is 28.4 Å². The molecular formula is C24H30IN3O4. The minimum Gasteiger partial charge on any atom is -0.493 e. The summed E-state index contributed by atoms with van der Waals surface area (Å²) in [5, 5.41) is 10.1. The van der Waals surface area contributed by atoms with Gasteiger partial charge < -0.3 is 24.8 Å². The molecule has 0 aromatic heterocycles. The number of ether oxygens (including phenoxy) is 3. The molecule has 3 rings (SSSR count). The first-order valence-corrected chi connectivity index (χ1v) is 11.7. The van der Waals surface area contributed by atoms with E-state index in [2.05, 4.69) is 42.5 Å². The van der Waals surface area contributed by atoms with Gasteiger partial charge in [0.2, 0.25) is 0 Å². The van der Waals surface area contributed by atoms with Gasteiger partial charge in [-0.3, -0.25) is 4.79 Å². The Morgan fingerprint density at radius 2 is 2.03 bits per heavy atom. The Balaban J connectivity index is 2.25. The van der Waals surface area contributed by atoms with Crippen LogP contribution in [0.3, 0.4) is 0 Å². The van der Waals surface area contributed by atoms with Crippen LogP contribution in [0, 0.1) is 20.3 Å². The molecule has 1 aromatic carbocycles. The van der Waals surface area contributed by atoms with E-state index in [0.29, 0.717) is 61.1 Å². The van der Waals surface area contributed by atoms with Gasteiger partial charge in [0.05, 0.1) is 41.5 Å². The smallest absolute Gasteiger partial charge is 0.174 e. The lowest BCUT2D eigenvalue weighted by Crippen LogP contribution is -2.43. The number of nitrogens with zero attached hydrogens (tertiary/aromatic N) is 2. The van der Waals surface area contributed by atoms with Gasteiger partial charge in [0.15, 0.2) is 17.3 Å². The van der Waals surface area contributed by atoms with E-state index in [4.69, 9.17) is 19.9 Å². The number of Topliss-reactive ketones (excluding diaryl/α,β-unsaturated/α-hetero) is 1. The third-order valence-electron chi connectivity index (χ3n) is 5.88. The average molecular weight is 551 g/mol. The molecule has 7 nitrogen and oxygen atoms in total. The van der Waals surface area contributed by atoms with Crippen LogP contribution in [-0.4, -0.2) is 44.7 Å². The highest BCUT2D eigenvalue weighted by Crippen LogP contribution is 2.50. The van der Waals surface area contributed by atoms with Crippen molar-refractivity contribution < 1.29 is 19.0 Å². The molecule has 1 aromatic rings. The summed E-state index contributed by atoms with van der Waals surface area (Å²) in [4.78, 5) is 15.4. The summed E-state index contributed by atoms with van der Waals surface area (Å²) >= 11 is 2.20. The molecule has 2 aliphatic rings. The minimum absolute atomic E-state index is 0.0479. The van der Waals surface area contributed by atoms with Crippen LogP contribution < -0.4 is 15.2 Å². The van der Waals surface area contributed by atoms with Gasteiger partial charge in [0.25, 0.3) is 0 Å². The van der Waals surface area contributed by atoms with Gasteiger partial charge in [-0.1, -0.05) is 13.8 Å². The number of nitrogens with two attached hydrogens (primary N) is 1. The van der Waals surface area contributed by atoms with Crippen LogP contribution in [0.25, 0.3) is 0 Å². The fourth-order valence-corrected chi connectivity index (χ4v) is 5.32. The second kappa shape index (κ2) is 9.71. The van der Waals surface area contributed by atoms with Crippen molar-refractivity contribution in [3.8, 4) is 17.6 Å². The Bertz CT molecular complexity index is 1020. The van der Waals surface area contributed by atoms with Gasteiger partial charge in [-0.2, -0.15) is 5.26 Å². The van der Waals surface area contributed by atoms with Crippen molar-refractivity contribution in [2.24, 2.45) is 11.1 Å². The molecule has 8 heteroatoms. The lowest BCUT2D eigenvalue weighted by atomic mass is 9.68. The summed E-state index contributed by atoms with van der Waals surface area (Å²) in [5.74, 6) is 1.10. The Morgan fingerprint density at radius 1 is 1.31 bits per heavy atom. The standard InChI is InChI=1S/C24H30IN3O4/c1-6-32-22-16(25)9-14(10-19(22)31-5)20-15(13-26)23(27)28(7-8-30-4)17-11-24(2,3)12-18(29)21(17)20/h9-10,20H,6-8,11-12,27H2,1-5H3/t20-/m1/s1. The van der Waals surface area contributed by atoms with E-state index in [9.17, 15) is 10.1 Å². The molecular weight excluding hydrogens is 521 g/mol. The van der Waals surface area contributed by atoms with Crippen LogP contribution in [0.15, 0.2) is 34.8 Å². The van der Waals surface area contributed by atoms with E-state index in [1.165, 1.54) is 0 Å². The Labute approximate surface area is 203 Å². The molecule has 1 atom stereocenters. The molecule has 0 radical (unpaired) electrons. The molecule has 0 saturated heterocycles. The second-order valence-electron chi connectivity index (χ2n) is 8.76. The Hall–Kier alpha value is -2.25. The monoisotopic (exact) mass is 551 g/mol. The SMILES string of the molecule is CCOc1c(I)cc([C@@H]2C(C#N)=C(N)N(CCOC)C3=C2C(=O)CC(C)(C)C3)cc1OC. The van der Waals surface area contributed by atoms with Crippen LogP contribution in [-0.2, 0) is 9.53 Å². The summed E-state index contributed by atoms with van der Waals surface area (Å²) in [6, 6.07) is 6.09. The van der Waals surface area contributed by atoms with E-state index < -0.39 is 5.92 Å². The number of allylic oxidation sites excluding steroid dienone is 3. The highest BCUT2D eigenvalue weighted by molar-refractivity contribution is 14.1. The van der Waals surface area contributed by atoms with Crippen molar-refractivity contribution in [3.05, 3.63) is 43.9 Å². The first-order chi connectivity index (χ1) is 15.2. The highest BCUT2D eigenvalue weighted by atomic mass is 127. The van der Waals surface area contributed by atoms with Crippen molar-refractivity contribution in [1.29, 1.82) is 5.26 Å². The van der Waals surface area contributed by atoms with Crippen molar-refractivity contribution in [2.75, 3.05) is 34.0 Å². The van der Waals surface area contributed by atoms with Crippen LogP contribution in [0.5, 0.6) is 11.5 Å². The molecule has 32 heavy (non-hydrogen) atoms. The van der Waals surface area contributed by atoms with Gasteiger partial charge in [-0.15, -0.1) is 0 Å². The largest absolute Gasteiger partial charge is 0.493 e. The Morgan fingerprint density at radius 3 is 2.62 bits per heavy atom. The lowest BCUT2D eigenvalue weighted by molar-refractivity contribution is -0.118. The molecule has 1 aliphatic carbocycles. The number of nitriles is 1. The van der Waals surface area contributed by atoms with E-state index in [1.807, 2.05) is 24.0 Å². The zero-order valence-corrected chi connectivity index (χ0v) is 21.4. The number of carbonyl (C=O) groups excluding carboxylic acids is 1. The molecule has 2 N–H and O–H groups in total. The number of ketones is 1. The molecule has 0 unspecified atom stereocenters. The third kappa shape index (κ3) is 4.46. The Kier molecular flexibility index (Phi) is 7.40. The first-order valence-electron chi connectivity index (χ1n) is 10.6. The molecule has 0 saturated carbocycles. The van der Waals surface area contributed by atoms with Gasteiger partial charge in [-0.25, -0.2) is 0 Å². The first kappa shape index (κ1) is 24.4. The summed E-state index contributed by atoms with van der Waals surface area (Å²) in [7, 11) is 3.21. The van der Waals surface area contributed by atoms with Crippen LogP contribution in [0.2, 0.25) is 0 Å². The number of hydrogen-bond acceptors (Lipinski definition) is 7. The fraction of sp³-hybridized carbons (Fsp3) is 0.500. The quantitative estimate of drug-likeness (QED) is 0.510. The summed E-state index contributed by atoms with van der Waals surface area (Å²) in [6.07, 6.45) is 1.11. The highest BCUT2D eigenvalue weighted by Gasteiger charge is 2.44. The number of rotatable bonds is 7. The zero-order valence-electron chi connectivity index (χ0n) is 19.3. The van der Waals surface area contributed by atoms with Gasteiger partial charge in [0, 0.05) is 31.3 Å². The third-order valence-corrected chi connectivity index (χ3v) is 6.68. The molecule has 0 bridgehead atoms. The number of hydrogen-bond donors (Lipinski definition) is 1. The summed E-state index contributed by atoms with van der Waals surface area (Å²) < 4.78 is 17.5. The van der Waals surface area contributed by atoms with Crippen molar-refractivity contribution in [2.45, 2.75) is 39.5 Å². The number of benzene rings is 1. The maximum Gasteiger partial charge on any atom is 0.174 e. The number of methoxy groups -OCH3 is 2. The zero-order chi connectivity index (χ0) is 23.6. The molecule has 0 spiro atoms. The maximum atomic E-state index is 13.5. The van der Waals surface area contributed by atoms with Crippen LogP contribution in [0.4, 0.5) is 0 Å². The molecule has 1 heterocycles. The predicted octanol–water partition coefficient (Wildman–Crippen LogP) is 4.08. The van der Waals surface area contributed by atoms with E-state index in [1.54, 1.807) is 14.2 Å². The van der Waals surface area contributed by atoms with Crippen LogP contribution >= 0.6 is 22.6 Å². The average Bonchev–Trinajstić information content (AvgIpc) is 2.73. The van der Waals surface area contributed by atoms with E-state index >= 15 is 0 Å². The van der Waals surface area contributed by atoms with E-state index in [0.717, 1.165) is 14.8 Å². The van der Waals surface area contributed by atoms with Crippen molar-refractivity contribution in [3.63, 3.8) is 0 Å². The number of carbonyl (C=O) groups is 1. The summed E-state index contributed by atoms with van der Waals surface area (Å²) in [5.41, 5.74) is 9.05. The molecule has 0 fully saturated rings. The van der Waals surface area contributed by atoms with Gasteiger partial charge >= 0.3 is 0 Å². The molecule has 1 aliphatic heterocycles. The lowest BCUT2D eigenvalue weighted by Gasteiger charge is -2.43. The summed E-state index contributed by atoms with van der Waals surface area (Å²) in [6.45, 7) is 7.50. The molecule has 172 valence electrons. The number of halogens is 1. The van der Waals surface area contributed by atoms with Gasteiger partial charge in [-0.05, 0) is 59.0 Å². The molecule has 0 amide bonds. The predicted molar refractivity (Wildman–Crippen MR) is 130 cm³/mol. The van der Waals surface area contributed by atoms with E-state index in [-0.39, 0.29) is 11.2 Å². The van der Waals surface area contributed by atoms with Crippen molar-refractivity contribution in [1.82, 2.24) is 4.90 Å². The van der Waals surface area contributed by atoms with Crippen LogP contribution in [0.1, 0.15) is 45.1 Å². The normalized spacial score (nSPS) is 20.2. The minimum atomic E-state index is -0.546. The topological polar surface area (TPSA) is 97.8 Å². The maximum absolute atomic E-state index is 13.5.